The van der Waals surface area contributed by atoms with E-state index in [1.165, 1.54) is 5.56 Å². The van der Waals surface area contributed by atoms with Gasteiger partial charge in [-0.05, 0) is 25.0 Å². The number of anilines is 1. The first-order valence-electron chi connectivity index (χ1n) is 6.53. The summed E-state index contributed by atoms with van der Waals surface area (Å²) in [5.41, 5.74) is 9.24. The van der Waals surface area contributed by atoms with Crippen LogP contribution in [-0.4, -0.2) is 22.8 Å². The van der Waals surface area contributed by atoms with E-state index in [1.54, 1.807) is 0 Å². The van der Waals surface area contributed by atoms with Gasteiger partial charge < -0.3 is 15.0 Å². The van der Waals surface area contributed by atoms with Crippen LogP contribution in [0.4, 0.5) is 5.95 Å². The van der Waals surface area contributed by atoms with Gasteiger partial charge in [0, 0.05) is 13.2 Å². The number of fused-ring (bicyclic) bond motifs is 1. The summed E-state index contributed by atoms with van der Waals surface area (Å²) in [5, 5.41) is 0. The molecule has 1 aromatic heterocycles. The molecule has 0 saturated heterocycles. The fourth-order valence-electron chi connectivity index (χ4n) is 2.11. The third kappa shape index (κ3) is 2.64. The quantitative estimate of drug-likeness (QED) is 0.798. The highest BCUT2D eigenvalue weighted by Gasteiger charge is 2.09. The summed E-state index contributed by atoms with van der Waals surface area (Å²) in [6.45, 7) is 6.51. The summed E-state index contributed by atoms with van der Waals surface area (Å²) in [6, 6.07) is 6.08. The Bertz CT molecular complexity index is 519. The van der Waals surface area contributed by atoms with Gasteiger partial charge in [-0.2, -0.15) is 0 Å². The molecule has 2 rings (SSSR count). The molecule has 0 amide bonds. The van der Waals surface area contributed by atoms with E-state index in [0.29, 0.717) is 12.6 Å². The molecule has 0 aliphatic carbocycles. The van der Waals surface area contributed by atoms with E-state index in [9.17, 15) is 0 Å². The van der Waals surface area contributed by atoms with Crippen molar-refractivity contribution in [1.29, 1.82) is 0 Å². The molecule has 98 valence electrons. The van der Waals surface area contributed by atoms with Crippen molar-refractivity contribution in [3.63, 3.8) is 0 Å². The third-order valence-corrected chi connectivity index (χ3v) is 3.10. The summed E-state index contributed by atoms with van der Waals surface area (Å²) in [7, 11) is 0. The molecular formula is C14H21N3O. The SMILES string of the molecule is CCCCOCCn1c(N)nc2cccc(C)c21. The van der Waals surface area contributed by atoms with Crippen molar-refractivity contribution in [2.24, 2.45) is 0 Å². The predicted octanol–water partition coefficient (Wildman–Crippen LogP) is 2.74. The number of imidazole rings is 1. The molecule has 0 unspecified atom stereocenters. The van der Waals surface area contributed by atoms with E-state index >= 15 is 0 Å². The lowest BCUT2D eigenvalue weighted by atomic mass is 10.2. The van der Waals surface area contributed by atoms with Crippen LogP contribution in [0.5, 0.6) is 0 Å². The van der Waals surface area contributed by atoms with Gasteiger partial charge in [-0.15, -0.1) is 0 Å². The Hall–Kier alpha value is -1.55. The Morgan fingerprint density at radius 2 is 2.17 bits per heavy atom. The number of aryl methyl sites for hydroxylation is 1. The van der Waals surface area contributed by atoms with Gasteiger partial charge in [-0.1, -0.05) is 25.5 Å². The summed E-state index contributed by atoms with van der Waals surface area (Å²) in [5.74, 6) is 0.568. The molecule has 0 radical (unpaired) electrons. The lowest BCUT2D eigenvalue weighted by molar-refractivity contribution is 0.124. The Morgan fingerprint density at radius 3 is 2.94 bits per heavy atom. The van der Waals surface area contributed by atoms with Crippen molar-refractivity contribution < 1.29 is 4.74 Å². The van der Waals surface area contributed by atoms with Crippen LogP contribution in [0.1, 0.15) is 25.3 Å². The maximum absolute atomic E-state index is 5.96. The lowest BCUT2D eigenvalue weighted by Crippen LogP contribution is -2.10. The first-order valence-corrected chi connectivity index (χ1v) is 6.53. The summed E-state index contributed by atoms with van der Waals surface area (Å²) >= 11 is 0. The molecule has 0 bridgehead atoms. The van der Waals surface area contributed by atoms with E-state index in [2.05, 4.69) is 24.9 Å². The number of unbranched alkanes of at least 4 members (excludes halogenated alkanes) is 1. The van der Waals surface area contributed by atoms with Crippen LogP contribution < -0.4 is 5.73 Å². The standard InChI is InChI=1S/C14H21N3O/c1-3-4-9-18-10-8-17-13-11(2)6-5-7-12(13)16-14(17)15/h5-7H,3-4,8-10H2,1-2H3,(H2,15,16). The predicted molar refractivity (Wildman–Crippen MR) is 74.6 cm³/mol. The van der Waals surface area contributed by atoms with Gasteiger partial charge >= 0.3 is 0 Å². The zero-order chi connectivity index (χ0) is 13.0. The summed E-state index contributed by atoms with van der Waals surface area (Å²) in [4.78, 5) is 4.37. The zero-order valence-corrected chi connectivity index (χ0v) is 11.1. The van der Waals surface area contributed by atoms with E-state index in [1.807, 2.05) is 16.7 Å². The maximum atomic E-state index is 5.96. The number of benzene rings is 1. The Morgan fingerprint density at radius 1 is 1.33 bits per heavy atom. The van der Waals surface area contributed by atoms with Gasteiger partial charge in [-0.3, -0.25) is 0 Å². The molecule has 0 aliphatic heterocycles. The second-order valence-corrected chi connectivity index (χ2v) is 4.53. The van der Waals surface area contributed by atoms with Gasteiger partial charge in [0.15, 0.2) is 0 Å². The minimum atomic E-state index is 0.568. The van der Waals surface area contributed by atoms with Crippen molar-refractivity contribution in [2.45, 2.75) is 33.2 Å². The average Bonchev–Trinajstić information content (AvgIpc) is 2.67. The Kier molecular flexibility index (Phi) is 4.20. The molecule has 2 N–H and O–H groups in total. The lowest BCUT2D eigenvalue weighted by Gasteiger charge is -2.08. The van der Waals surface area contributed by atoms with Gasteiger partial charge in [0.2, 0.25) is 5.95 Å². The van der Waals surface area contributed by atoms with Gasteiger partial charge in [0.25, 0.3) is 0 Å². The normalized spacial score (nSPS) is 11.2. The van der Waals surface area contributed by atoms with E-state index in [-0.39, 0.29) is 0 Å². The number of nitrogen functional groups attached to an aromatic ring is 1. The van der Waals surface area contributed by atoms with Crippen LogP contribution in [-0.2, 0) is 11.3 Å². The molecule has 4 heteroatoms. The van der Waals surface area contributed by atoms with Crippen molar-refractivity contribution >= 4 is 17.0 Å². The first kappa shape index (κ1) is 12.9. The maximum Gasteiger partial charge on any atom is 0.201 e. The second-order valence-electron chi connectivity index (χ2n) is 4.53. The van der Waals surface area contributed by atoms with Crippen LogP contribution in [0.15, 0.2) is 18.2 Å². The van der Waals surface area contributed by atoms with E-state index in [0.717, 1.165) is 37.0 Å². The minimum absolute atomic E-state index is 0.568. The van der Waals surface area contributed by atoms with Crippen LogP contribution in [0.3, 0.4) is 0 Å². The molecule has 1 heterocycles. The van der Waals surface area contributed by atoms with Gasteiger partial charge in [0.1, 0.15) is 0 Å². The van der Waals surface area contributed by atoms with E-state index in [4.69, 9.17) is 10.5 Å². The van der Waals surface area contributed by atoms with E-state index < -0.39 is 0 Å². The van der Waals surface area contributed by atoms with Gasteiger partial charge in [-0.25, -0.2) is 4.98 Å². The number of hydrogen-bond acceptors (Lipinski definition) is 3. The highest BCUT2D eigenvalue weighted by atomic mass is 16.5. The molecule has 0 fully saturated rings. The minimum Gasteiger partial charge on any atom is -0.380 e. The fourth-order valence-corrected chi connectivity index (χ4v) is 2.11. The number of nitrogens with zero attached hydrogens (tertiary/aromatic N) is 2. The van der Waals surface area contributed by atoms with Crippen molar-refractivity contribution in [3.05, 3.63) is 23.8 Å². The largest absolute Gasteiger partial charge is 0.380 e. The molecule has 1 aromatic carbocycles. The monoisotopic (exact) mass is 247 g/mol. The number of aromatic nitrogens is 2. The molecule has 0 spiro atoms. The molecule has 18 heavy (non-hydrogen) atoms. The number of nitrogens with two attached hydrogens (primary N) is 1. The average molecular weight is 247 g/mol. The number of hydrogen-bond donors (Lipinski definition) is 1. The smallest absolute Gasteiger partial charge is 0.201 e. The molecule has 2 aromatic rings. The third-order valence-electron chi connectivity index (χ3n) is 3.10. The highest BCUT2D eigenvalue weighted by Crippen LogP contribution is 2.21. The van der Waals surface area contributed by atoms with Crippen LogP contribution in [0, 0.1) is 6.92 Å². The Labute approximate surface area is 108 Å². The summed E-state index contributed by atoms with van der Waals surface area (Å²) in [6.07, 6.45) is 2.27. The molecule has 4 nitrogen and oxygen atoms in total. The van der Waals surface area contributed by atoms with Crippen molar-refractivity contribution in [2.75, 3.05) is 18.9 Å². The first-order chi connectivity index (χ1) is 8.74. The van der Waals surface area contributed by atoms with Gasteiger partial charge in [0.05, 0.1) is 17.6 Å². The second kappa shape index (κ2) is 5.87. The Balaban J connectivity index is 2.10. The molecule has 0 aliphatic rings. The van der Waals surface area contributed by atoms with Crippen molar-refractivity contribution in [3.8, 4) is 0 Å². The highest BCUT2D eigenvalue weighted by molar-refractivity contribution is 5.81. The zero-order valence-electron chi connectivity index (χ0n) is 11.1. The van der Waals surface area contributed by atoms with Crippen LogP contribution in [0.25, 0.3) is 11.0 Å². The van der Waals surface area contributed by atoms with Crippen LogP contribution >= 0.6 is 0 Å². The number of para-hydroxylation sites is 1. The number of rotatable bonds is 6. The number of ether oxygens (including phenoxy) is 1. The molecule has 0 atom stereocenters. The van der Waals surface area contributed by atoms with Crippen LogP contribution in [0.2, 0.25) is 0 Å². The van der Waals surface area contributed by atoms with Crippen molar-refractivity contribution in [1.82, 2.24) is 9.55 Å². The topological polar surface area (TPSA) is 53.1 Å². The molecule has 0 saturated carbocycles. The molecular weight excluding hydrogens is 226 g/mol. The summed E-state index contributed by atoms with van der Waals surface area (Å²) < 4.78 is 7.63. The fraction of sp³-hybridized carbons (Fsp3) is 0.500.